The minimum absolute atomic E-state index is 0.172. The molecular weight excluding hydrogens is 433 g/mol. The molecule has 9 heteroatoms. The van der Waals surface area contributed by atoms with Gasteiger partial charge in [0.25, 0.3) is 0 Å². The Kier molecular flexibility index (Phi) is 6.42. The molecule has 33 heavy (non-hydrogen) atoms. The third-order valence-corrected chi connectivity index (χ3v) is 5.85. The van der Waals surface area contributed by atoms with E-state index in [4.69, 9.17) is 4.74 Å². The summed E-state index contributed by atoms with van der Waals surface area (Å²) in [5, 5.41) is 7.09. The van der Waals surface area contributed by atoms with Crippen molar-refractivity contribution in [1.82, 2.24) is 14.7 Å². The van der Waals surface area contributed by atoms with Crippen molar-refractivity contribution >= 4 is 11.6 Å². The van der Waals surface area contributed by atoms with Gasteiger partial charge in [-0.25, -0.2) is 0 Å². The van der Waals surface area contributed by atoms with E-state index in [1.165, 1.54) is 12.1 Å². The van der Waals surface area contributed by atoms with Crippen LogP contribution < -0.4 is 10.1 Å². The minimum Gasteiger partial charge on any atom is -0.497 e. The number of hydrogen-bond acceptors (Lipinski definition) is 4. The smallest absolute Gasteiger partial charge is 0.416 e. The minimum atomic E-state index is -4.42. The highest BCUT2D eigenvalue weighted by Crippen LogP contribution is 2.39. The van der Waals surface area contributed by atoms with Crippen molar-refractivity contribution in [2.24, 2.45) is 13.0 Å². The van der Waals surface area contributed by atoms with Gasteiger partial charge >= 0.3 is 6.18 Å². The molecule has 2 heterocycles. The SMILES string of the molecule is COc1cccc(NC(=O)[C@@H]2C[C@@H](c3cccc(C(F)(F)F)c3)N(Cc3cnn(C)c3)C2)c1. The summed E-state index contributed by atoms with van der Waals surface area (Å²) in [5.41, 5.74) is 1.40. The molecule has 0 bridgehead atoms. The fraction of sp³-hybridized carbons (Fsp3) is 0.333. The molecule has 1 fully saturated rings. The van der Waals surface area contributed by atoms with Crippen LogP contribution in [0.4, 0.5) is 18.9 Å². The number of likely N-dealkylation sites (tertiary alicyclic amines) is 1. The van der Waals surface area contributed by atoms with Gasteiger partial charge in [-0.3, -0.25) is 14.4 Å². The number of halogens is 3. The summed E-state index contributed by atoms with van der Waals surface area (Å²) in [6.07, 6.45) is -0.414. The molecule has 0 radical (unpaired) electrons. The first-order valence-corrected chi connectivity index (χ1v) is 10.6. The zero-order valence-electron chi connectivity index (χ0n) is 18.3. The lowest BCUT2D eigenvalue weighted by Gasteiger charge is -2.24. The molecule has 1 saturated heterocycles. The molecule has 1 aliphatic rings. The van der Waals surface area contributed by atoms with Crippen LogP contribution in [0, 0.1) is 5.92 Å². The van der Waals surface area contributed by atoms with Gasteiger partial charge in [0, 0.05) is 49.7 Å². The van der Waals surface area contributed by atoms with Crippen LogP contribution in [0.1, 0.15) is 29.2 Å². The van der Waals surface area contributed by atoms with E-state index in [1.54, 1.807) is 48.3 Å². The maximum atomic E-state index is 13.3. The molecule has 1 aliphatic heterocycles. The summed E-state index contributed by atoms with van der Waals surface area (Å²) in [6.45, 7) is 0.906. The second-order valence-electron chi connectivity index (χ2n) is 8.24. The average molecular weight is 458 g/mol. The standard InChI is InChI=1S/C24H25F3N4O2/c1-30-13-16(12-28-30)14-31-15-18(23(32)29-20-7-4-8-21(11-20)33-2)10-22(31)17-5-3-6-19(9-17)24(25,26)27/h3-9,11-13,18,22H,10,14-15H2,1-2H3,(H,29,32)/t18-,22+/m1/s1. The van der Waals surface area contributed by atoms with Gasteiger partial charge in [-0.2, -0.15) is 18.3 Å². The molecule has 1 aromatic heterocycles. The lowest BCUT2D eigenvalue weighted by Crippen LogP contribution is -2.27. The number of ether oxygens (including phenoxy) is 1. The van der Waals surface area contributed by atoms with Crippen molar-refractivity contribution in [1.29, 1.82) is 0 Å². The van der Waals surface area contributed by atoms with Gasteiger partial charge in [0.15, 0.2) is 0 Å². The molecule has 3 aromatic rings. The highest BCUT2D eigenvalue weighted by Gasteiger charge is 2.38. The second-order valence-corrected chi connectivity index (χ2v) is 8.24. The number of rotatable bonds is 6. The maximum absolute atomic E-state index is 13.3. The monoisotopic (exact) mass is 458 g/mol. The number of benzene rings is 2. The summed E-state index contributed by atoms with van der Waals surface area (Å²) >= 11 is 0. The van der Waals surface area contributed by atoms with Crippen molar-refractivity contribution in [3.8, 4) is 5.75 Å². The Labute approximate surface area is 190 Å². The molecule has 4 rings (SSSR count). The summed E-state index contributed by atoms with van der Waals surface area (Å²) in [4.78, 5) is 15.1. The number of aromatic nitrogens is 2. The van der Waals surface area contributed by atoms with Crippen molar-refractivity contribution in [2.45, 2.75) is 25.2 Å². The first kappa shape index (κ1) is 22.8. The summed E-state index contributed by atoms with van der Waals surface area (Å²) in [6, 6.07) is 12.1. The third-order valence-electron chi connectivity index (χ3n) is 5.85. The fourth-order valence-electron chi connectivity index (χ4n) is 4.27. The van der Waals surface area contributed by atoms with Crippen LogP contribution in [0.2, 0.25) is 0 Å². The average Bonchev–Trinajstić information content (AvgIpc) is 3.40. The Morgan fingerprint density at radius 1 is 1.21 bits per heavy atom. The lowest BCUT2D eigenvalue weighted by atomic mass is 9.97. The second kappa shape index (κ2) is 9.27. The summed E-state index contributed by atoms with van der Waals surface area (Å²) in [7, 11) is 3.36. The molecule has 0 unspecified atom stereocenters. The molecule has 174 valence electrons. The number of aryl methyl sites for hydroxylation is 1. The van der Waals surface area contributed by atoms with E-state index in [1.807, 2.05) is 18.1 Å². The van der Waals surface area contributed by atoms with Crippen LogP contribution in [0.25, 0.3) is 0 Å². The van der Waals surface area contributed by atoms with E-state index in [2.05, 4.69) is 10.4 Å². The molecule has 0 aliphatic carbocycles. The number of amides is 1. The van der Waals surface area contributed by atoms with Crippen LogP contribution >= 0.6 is 0 Å². The quantitative estimate of drug-likeness (QED) is 0.584. The van der Waals surface area contributed by atoms with Crippen LogP contribution in [-0.4, -0.2) is 34.2 Å². The van der Waals surface area contributed by atoms with Gasteiger partial charge in [-0.05, 0) is 36.2 Å². The number of methoxy groups -OCH3 is 1. The highest BCUT2D eigenvalue weighted by atomic mass is 19.4. The van der Waals surface area contributed by atoms with E-state index in [0.717, 1.165) is 11.6 Å². The number of carbonyl (C=O) groups is 1. The molecule has 1 amide bonds. The number of nitrogens with zero attached hydrogens (tertiary/aromatic N) is 3. The Morgan fingerprint density at radius 2 is 2.00 bits per heavy atom. The Morgan fingerprint density at radius 3 is 2.70 bits per heavy atom. The van der Waals surface area contributed by atoms with Gasteiger partial charge < -0.3 is 10.1 Å². The van der Waals surface area contributed by atoms with Crippen molar-refractivity contribution in [3.05, 3.63) is 77.6 Å². The molecule has 1 N–H and O–H groups in total. The number of hydrogen-bond donors (Lipinski definition) is 1. The van der Waals surface area contributed by atoms with Crippen LogP contribution in [0.3, 0.4) is 0 Å². The topological polar surface area (TPSA) is 59.4 Å². The van der Waals surface area contributed by atoms with Crippen LogP contribution in [0.15, 0.2) is 60.9 Å². The summed E-state index contributed by atoms with van der Waals surface area (Å²) < 4.78 is 46.8. The summed E-state index contributed by atoms with van der Waals surface area (Å²) in [5.74, 6) is 0.0700. The Hall–Kier alpha value is -3.33. The maximum Gasteiger partial charge on any atom is 0.416 e. The lowest BCUT2D eigenvalue weighted by molar-refractivity contribution is -0.137. The number of nitrogens with one attached hydrogen (secondary N) is 1. The fourth-order valence-corrected chi connectivity index (χ4v) is 4.27. The van der Waals surface area contributed by atoms with E-state index in [9.17, 15) is 18.0 Å². The van der Waals surface area contributed by atoms with Gasteiger partial charge in [0.05, 0.1) is 24.8 Å². The molecule has 2 atom stereocenters. The van der Waals surface area contributed by atoms with E-state index >= 15 is 0 Å². The first-order chi connectivity index (χ1) is 15.7. The van der Waals surface area contributed by atoms with Gasteiger partial charge in [0.2, 0.25) is 5.91 Å². The molecule has 6 nitrogen and oxygen atoms in total. The molecule has 2 aromatic carbocycles. The number of anilines is 1. The Balaban J connectivity index is 1.57. The normalized spacial score (nSPS) is 18.9. The van der Waals surface area contributed by atoms with Crippen molar-refractivity contribution in [3.63, 3.8) is 0 Å². The third kappa shape index (κ3) is 5.36. The van der Waals surface area contributed by atoms with Crippen molar-refractivity contribution < 1.29 is 22.7 Å². The van der Waals surface area contributed by atoms with E-state index in [0.29, 0.717) is 36.5 Å². The number of carbonyl (C=O) groups excluding carboxylic acids is 1. The number of alkyl halides is 3. The van der Waals surface area contributed by atoms with Crippen LogP contribution in [0.5, 0.6) is 5.75 Å². The first-order valence-electron chi connectivity index (χ1n) is 10.6. The Bertz CT molecular complexity index is 1130. The zero-order chi connectivity index (χ0) is 23.6. The largest absolute Gasteiger partial charge is 0.497 e. The van der Waals surface area contributed by atoms with Crippen molar-refractivity contribution in [2.75, 3.05) is 19.0 Å². The highest BCUT2D eigenvalue weighted by molar-refractivity contribution is 5.93. The predicted molar refractivity (Wildman–Crippen MR) is 118 cm³/mol. The van der Waals surface area contributed by atoms with Crippen LogP contribution in [-0.2, 0) is 24.6 Å². The van der Waals surface area contributed by atoms with E-state index in [-0.39, 0.29) is 17.9 Å². The molecule has 0 saturated carbocycles. The van der Waals surface area contributed by atoms with Gasteiger partial charge in [-0.1, -0.05) is 18.2 Å². The van der Waals surface area contributed by atoms with E-state index < -0.39 is 11.7 Å². The zero-order valence-corrected chi connectivity index (χ0v) is 18.3. The predicted octanol–water partition coefficient (Wildman–Crippen LogP) is 4.65. The molecular formula is C24H25F3N4O2. The van der Waals surface area contributed by atoms with Gasteiger partial charge in [-0.15, -0.1) is 0 Å². The molecule has 0 spiro atoms. The van der Waals surface area contributed by atoms with Gasteiger partial charge in [0.1, 0.15) is 5.75 Å².